The molecule has 0 unspecified atom stereocenters. The van der Waals surface area contributed by atoms with Crippen molar-refractivity contribution in [1.82, 2.24) is 0 Å². The van der Waals surface area contributed by atoms with Gasteiger partial charge >= 0.3 is 11.9 Å². The van der Waals surface area contributed by atoms with Crippen LogP contribution in [0.25, 0.3) is 6.08 Å². The van der Waals surface area contributed by atoms with E-state index in [9.17, 15) is 9.59 Å². The normalized spacial score (nSPS) is 10.1. The standard InChI is InChI=1S/C18H21NO6/c1-3-4-10-24-18(21)13-25-17(20)8-6-14-5-7-15(23-11-9-19)16(12-14)22-2/h5-8,12H,3-4,10-11,13H2,1-2H3/b8-6+. The number of unbranched alkanes of at least 4 members (excludes halogenated alkanes) is 1. The molecule has 0 radical (unpaired) electrons. The van der Waals surface area contributed by atoms with Gasteiger partial charge in [-0.1, -0.05) is 19.4 Å². The molecule has 7 heteroatoms. The zero-order chi connectivity index (χ0) is 18.5. The smallest absolute Gasteiger partial charge is 0.344 e. The third kappa shape index (κ3) is 7.88. The molecule has 0 spiro atoms. The Bertz CT molecular complexity index is 647. The topological polar surface area (TPSA) is 94.9 Å². The Morgan fingerprint density at radius 2 is 2.04 bits per heavy atom. The molecule has 1 aromatic rings. The van der Waals surface area contributed by atoms with Gasteiger partial charge in [0.15, 0.2) is 24.7 Å². The number of methoxy groups -OCH3 is 1. The van der Waals surface area contributed by atoms with Gasteiger partial charge in [0.25, 0.3) is 0 Å². The first-order valence-electron chi connectivity index (χ1n) is 7.79. The van der Waals surface area contributed by atoms with Gasteiger partial charge in [-0.05, 0) is 30.2 Å². The van der Waals surface area contributed by atoms with Gasteiger partial charge in [-0.25, -0.2) is 9.59 Å². The summed E-state index contributed by atoms with van der Waals surface area (Å²) < 4.78 is 20.1. The predicted molar refractivity (Wildman–Crippen MR) is 90.0 cm³/mol. The Labute approximate surface area is 146 Å². The Hall–Kier alpha value is -3.01. The van der Waals surface area contributed by atoms with Crippen LogP contribution in [0.4, 0.5) is 0 Å². The fourth-order valence-corrected chi connectivity index (χ4v) is 1.73. The third-order valence-electron chi connectivity index (χ3n) is 2.98. The lowest BCUT2D eigenvalue weighted by Gasteiger charge is -2.08. The number of carbonyl (C=O) groups is 2. The van der Waals surface area contributed by atoms with Crippen molar-refractivity contribution in [2.24, 2.45) is 0 Å². The van der Waals surface area contributed by atoms with Crippen molar-refractivity contribution in [2.75, 3.05) is 26.9 Å². The number of rotatable bonds is 10. The number of nitriles is 1. The van der Waals surface area contributed by atoms with Crippen LogP contribution in [0.3, 0.4) is 0 Å². The molecular weight excluding hydrogens is 326 g/mol. The van der Waals surface area contributed by atoms with Crippen LogP contribution in [0.2, 0.25) is 0 Å². The molecule has 0 aliphatic rings. The average Bonchev–Trinajstić information content (AvgIpc) is 2.63. The Morgan fingerprint density at radius 1 is 1.24 bits per heavy atom. The first-order chi connectivity index (χ1) is 12.1. The molecule has 134 valence electrons. The van der Waals surface area contributed by atoms with E-state index in [1.165, 1.54) is 19.3 Å². The van der Waals surface area contributed by atoms with Crippen molar-refractivity contribution in [3.8, 4) is 17.6 Å². The number of ether oxygens (including phenoxy) is 4. The van der Waals surface area contributed by atoms with Gasteiger partial charge in [0.1, 0.15) is 6.07 Å². The summed E-state index contributed by atoms with van der Waals surface area (Å²) in [5.41, 5.74) is 0.670. The fraction of sp³-hybridized carbons (Fsp3) is 0.389. The maximum atomic E-state index is 11.6. The monoisotopic (exact) mass is 347 g/mol. The summed E-state index contributed by atoms with van der Waals surface area (Å²) in [6.07, 6.45) is 4.40. The summed E-state index contributed by atoms with van der Waals surface area (Å²) in [7, 11) is 1.47. The van der Waals surface area contributed by atoms with E-state index < -0.39 is 18.5 Å². The summed E-state index contributed by atoms with van der Waals surface area (Å²) >= 11 is 0. The van der Waals surface area contributed by atoms with Crippen LogP contribution in [0.15, 0.2) is 24.3 Å². The van der Waals surface area contributed by atoms with E-state index >= 15 is 0 Å². The second kappa shape index (κ2) is 11.5. The van der Waals surface area contributed by atoms with Crippen LogP contribution in [0.1, 0.15) is 25.3 Å². The van der Waals surface area contributed by atoms with Gasteiger partial charge in [-0.15, -0.1) is 0 Å². The predicted octanol–water partition coefficient (Wildman–Crippen LogP) is 2.50. The molecule has 0 saturated heterocycles. The Balaban J connectivity index is 2.53. The number of nitrogens with zero attached hydrogens (tertiary/aromatic N) is 1. The maximum absolute atomic E-state index is 11.6. The van der Waals surface area contributed by atoms with Crippen LogP contribution in [-0.4, -0.2) is 38.9 Å². The minimum atomic E-state index is -0.656. The number of hydrogen-bond acceptors (Lipinski definition) is 7. The van der Waals surface area contributed by atoms with Gasteiger partial charge in [-0.3, -0.25) is 0 Å². The van der Waals surface area contributed by atoms with E-state index in [0.29, 0.717) is 23.7 Å². The highest BCUT2D eigenvalue weighted by Crippen LogP contribution is 2.28. The highest BCUT2D eigenvalue weighted by molar-refractivity contribution is 5.88. The zero-order valence-corrected chi connectivity index (χ0v) is 14.3. The van der Waals surface area contributed by atoms with Crippen molar-refractivity contribution in [1.29, 1.82) is 5.26 Å². The van der Waals surface area contributed by atoms with E-state index in [2.05, 4.69) is 0 Å². The zero-order valence-electron chi connectivity index (χ0n) is 14.3. The maximum Gasteiger partial charge on any atom is 0.344 e. The van der Waals surface area contributed by atoms with Crippen molar-refractivity contribution in [3.63, 3.8) is 0 Å². The summed E-state index contributed by atoms with van der Waals surface area (Å²) in [4.78, 5) is 22.9. The summed E-state index contributed by atoms with van der Waals surface area (Å²) in [6.45, 7) is 1.79. The van der Waals surface area contributed by atoms with Crippen molar-refractivity contribution in [3.05, 3.63) is 29.8 Å². The molecule has 7 nitrogen and oxygen atoms in total. The molecular formula is C18H21NO6. The van der Waals surface area contributed by atoms with Gasteiger partial charge < -0.3 is 18.9 Å². The van der Waals surface area contributed by atoms with E-state index in [-0.39, 0.29) is 6.61 Å². The average molecular weight is 347 g/mol. The number of hydrogen-bond donors (Lipinski definition) is 0. The van der Waals surface area contributed by atoms with Gasteiger partial charge in [0, 0.05) is 6.08 Å². The van der Waals surface area contributed by atoms with Crippen molar-refractivity contribution in [2.45, 2.75) is 19.8 Å². The second-order valence-electron chi connectivity index (χ2n) is 4.87. The second-order valence-corrected chi connectivity index (χ2v) is 4.87. The number of carbonyl (C=O) groups excluding carboxylic acids is 2. The van der Waals surface area contributed by atoms with E-state index in [4.69, 9.17) is 24.2 Å². The first-order valence-corrected chi connectivity index (χ1v) is 7.79. The van der Waals surface area contributed by atoms with Gasteiger partial charge in [0.05, 0.1) is 13.7 Å². The number of esters is 2. The van der Waals surface area contributed by atoms with Crippen molar-refractivity contribution < 1.29 is 28.5 Å². The minimum absolute atomic E-state index is 0.0910. The highest BCUT2D eigenvalue weighted by Gasteiger charge is 2.07. The molecule has 0 bridgehead atoms. The van der Waals surface area contributed by atoms with Crippen LogP contribution < -0.4 is 9.47 Å². The summed E-state index contributed by atoms with van der Waals surface area (Å²) in [5.74, 6) is -0.365. The largest absolute Gasteiger partial charge is 0.493 e. The van der Waals surface area contributed by atoms with Crippen LogP contribution >= 0.6 is 0 Å². The minimum Gasteiger partial charge on any atom is -0.493 e. The molecule has 0 heterocycles. The molecule has 0 amide bonds. The molecule has 0 aromatic heterocycles. The van der Waals surface area contributed by atoms with Crippen LogP contribution in [0.5, 0.6) is 11.5 Å². The van der Waals surface area contributed by atoms with Crippen LogP contribution in [0, 0.1) is 11.3 Å². The molecule has 0 aliphatic heterocycles. The number of benzene rings is 1. The lowest BCUT2D eigenvalue weighted by Crippen LogP contribution is -2.15. The Morgan fingerprint density at radius 3 is 2.72 bits per heavy atom. The van der Waals surface area contributed by atoms with E-state index in [0.717, 1.165) is 12.8 Å². The fourth-order valence-electron chi connectivity index (χ4n) is 1.73. The lowest BCUT2D eigenvalue weighted by atomic mass is 10.2. The Kier molecular flexibility index (Phi) is 9.23. The molecule has 0 saturated carbocycles. The molecule has 0 atom stereocenters. The highest BCUT2D eigenvalue weighted by atomic mass is 16.6. The lowest BCUT2D eigenvalue weighted by molar-refractivity contribution is -0.156. The first kappa shape index (κ1) is 20.0. The molecule has 1 rings (SSSR count). The van der Waals surface area contributed by atoms with Gasteiger partial charge in [0.2, 0.25) is 0 Å². The molecule has 0 N–H and O–H groups in total. The quantitative estimate of drug-likeness (QED) is 0.364. The van der Waals surface area contributed by atoms with Crippen LogP contribution in [-0.2, 0) is 19.1 Å². The van der Waals surface area contributed by atoms with Gasteiger partial charge in [-0.2, -0.15) is 5.26 Å². The van der Waals surface area contributed by atoms with Crippen molar-refractivity contribution >= 4 is 18.0 Å². The summed E-state index contributed by atoms with van der Waals surface area (Å²) in [6, 6.07) is 6.84. The SMILES string of the molecule is CCCCOC(=O)COC(=O)/C=C/c1ccc(OCC#N)c(OC)c1. The van der Waals surface area contributed by atoms with E-state index in [1.54, 1.807) is 18.2 Å². The molecule has 0 aliphatic carbocycles. The molecule has 1 aromatic carbocycles. The molecule has 25 heavy (non-hydrogen) atoms. The third-order valence-corrected chi connectivity index (χ3v) is 2.98. The summed E-state index contributed by atoms with van der Waals surface area (Å²) in [5, 5.41) is 8.53. The van der Waals surface area contributed by atoms with E-state index in [1.807, 2.05) is 13.0 Å². The molecule has 0 fully saturated rings.